The molecular formula is C36H27BIrN4-2. The van der Waals surface area contributed by atoms with Gasteiger partial charge in [-0.25, -0.2) is 0 Å². The van der Waals surface area contributed by atoms with E-state index < -0.39 is 0 Å². The van der Waals surface area contributed by atoms with Crippen molar-refractivity contribution in [1.29, 1.82) is 0 Å². The van der Waals surface area contributed by atoms with Gasteiger partial charge in [0.2, 0.25) is 6.71 Å². The molecule has 4 heterocycles. The van der Waals surface area contributed by atoms with Gasteiger partial charge in [-0.3, -0.25) is 0 Å². The van der Waals surface area contributed by atoms with Gasteiger partial charge in [-0.05, 0) is 58.3 Å². The molecule has 0 bridgehead atoms. The summed E-state index contributed by atoms with van der Waals surface area (Å²) in [4.78, 5) is 13.4. The van der Waals surface area contributed by atoms with Gasteiger partial charge in [-0.2, -0.15) is 0 Å². The van der Waals surface area contributed by atoms with E-state index in [1.165, 1.54) is 39.1 Å². The smallest absolute Gasteiger partial charge is 0.233 e. The van der Waals surface area contributed by atoms with E-state index in [4.69, 9.17) is 0 Å². The van der Waals surface area contributed by atoms with Gasteiger partial charge in [0, 0.05) is 63.7 Å². The SMILES string of the molecule is CN1c2c[c-]c(-c3ccccn3)cc2B2c3ccccc3N(C)c3cccc1c32.[Ir].[c-]1ccccc1-c1ccccn1. The number of hydrogen-bond donors (Lipinski definition) is 0. The molecule has 0 aliphatic carbocycles. The molecule has 2 aromatic heterocycles. The maximum absolute atomic E-state index is 4.55. The van der Waals surface area contributed by atoms with Crippen LogP contribution in [0.15, 0.2) is 128 Å². The van der Waals surface area contributed by atoms with Gasteiger partial charge in [0.15, 0.2) is 0 Å². The molecular weight excluding hydrogens is 691 g/mol. The van der Waals surface area contributed by atoms with Gasteiger partial charge in [-0.1, -0.05) is 48.5 Å². The second kappa shape index (κ2) is 11.8. The van der Waals surface area contributed by atoms with E-state index in [0.717, 1.165) is 22.5 Å². The quantitative estimate of drug-likeness (QED) is 0.168. The van der Waals surface area contributed by atoms with Crippen LogP contribution < -0.4 is 26.2 Å². The first kappa shape index (κ1) is 27.7. The third kappa shape index (κ3) is 4.83. The predicted octanol–water partition coefficient (Wildman–Crippen LogP) is 5.77. The number of rotatable bonds is 2. The van der Waals surface area contributed by atoms with Crippen molar-refractivity contribution in [2.75, 3.05) is 23.9 Å². The second-order valence-corrected chi connectivity index (χ2v) is 10.2. The fourth-order valence-corrected chi connectivity index (χ4v) is 5.96. The maximum Gasteiger partial charge on any atom is 0.233 e. The Bertz CT molecular complexity index is 1780. The summed E-state index contributed by atoms with van der Waals surface area (Å²) in [6.45, 7) is 0.205. The number of para-hydroxylation sites is 1. The van der Waals surface area contributed by atoms with Crippen molar-refractivity contribution in [3.8, 4) is 22.5 Å². The molecule has 0 saturated heterocycles. The molecule has 205 valence electrons. The second-order valence-electron chi connectivity index (χ2n) is 10.2. The molecule has 4 nitrogen and oxygen atoms in total. The summed E-state index contributed by atoms with van der Waals surface area (Å²) in [7, 11) is 4.32. The van der Waals surface area contributed by atoms with Gasteiger partial charge >= 0.3 is 0 Å². The molecule has 0 fully saturated rings. The van der Waals surface area contributed by atoms with Gasteiger partial charge in [0.05, 0.1) is 0 Å². The van der Waals surface area contributed by atoms with Crippen LogP contribution in [0.5, 0.6) is 0 Å². The van der Waals surface area contributed by atoms with Crippen molar-refractivity contribution in [3.63, 3.8) is 0 Å². The standard InChI is InChI=1S/C25H19BN3.C11H8N.Ir/c1-28-21-10-4-3-8-18(21)26-19-16-17(20-9-5-6-15-27-20)13-14-22(19)29(2)24-12-7-11-23(28)25(24)26;1-2-6-10(7-3-1)11-8-4-5-9-12-11;/h3-12,14-16H,1-2H3;1-6,8-9H;/q2*-1;. The Morgan fingerprint density at radius 2 is 1.19 bits per heavy atom. The predicted molar refractivity (Wildman–Crippen MR) is 171 cm³/mol. The van der Waals surface area contributed by atoms with E-state index in [-0.39, 0.29) is 26.8 Å². The van der Waals surface area contributed by atoms with E-state index in [1.54, 1.807) is 6.20 Å². The zero-order chi connectivity index (χ0) is 27.8. The van der Waals surface area contributed by atoms with Crippen LogP contribution >= 0.6 is 0 Å². The fraction of sp³-hybridized carbons (Fsp3) is 0.0556. The minimum atomic E-state index is 0. The monoisotopic (exact) mass is 719 g/mol. The van der Waals surface area contributed by atoms with Crippen LogP contribution in [0.3, 0.4) is 0 Å². The van der Waals surface area contributed by atoms with Gasteiger partial charge < -0.3 is 19.8 Å². The van der Waals surface area contributed by atoms with Crippen molar-refractivity contribution in [3.05, 3.63) is 140 Å². The summed E-state index contributed by atoms with van der Waals surface area (Å²) in [5, 5.41) is 0. The average Bonchev–Trinajstić information content (AvgIpc) is 3.06. The Morgan fingerprint density at radius 1 is 0.571 bits per heavy atom. The van der Waals surface area contributed by atoms with E-state index in [9.17, 15) is 0 Å². The Hall–Kier alpha value is -4.51. The zero-order valence-electron chi connectivity index (χ0n) is 23.3. The van der Waals surface area contributed by atoms with Crippen LogP contribution in [0.25, 0.3) is 22.5 Å². The first-order valence-electron chi connectivity index (χ1n) is 13.7. The average molecular weight is 719 g/mol. The minimum absolute atomic E-state index is 0. The fourth-order valence-electron chi connectivity index (χ4n) is 5.96. The van der Waals surface area contributed by atoms with Crippen LogP contribution in [0, 0.1) is 12.1 Å². The van der Waals surface area contributed by atoms with Crippen LogP contribution in [0.4, 0.5) is 22.7 Å². The van der Waals surface area contributed by atoms with Gasteiger partial charge in [0.25, 0.3) is 0 Å². The Kier molecular flexibility index (Phi) is 7.75. The van der Waals surface area contributed by atoms with Crippen LogP contribution in [0.1, 0.15) is 0 Å². The normalized spacial score (nSPS) is 12.2. The Labute approximate surface area is 261 Å². The number of fused-ring (bicyclic) bond motifs is 4. The molecule has 42 heavy (non-hydrogen) atoms. The van der Waals surface area contributed by atoms with Gasteiger partial charge in [0.1, 0.15) is 0 Å². The topological polar surface area (TPSA) is 32.3 Å². The summed E-state index contributed by atoms with van der Waals surface area (Å²) in [5.41, 5.74) is 13.1. The number of nitrogens with zero attached hydrogens (tertiary/aromatic N) is 4. The number of hydrogen-bond acceptors (Lipinski definition) is 4. The van der Waals surface area contributed by atoms with Crippen LogP contribution in [-0.4, -0.2) is 30.8 Å². The molecule has 1 radical (unpaired) electrons. The largest absolute Gasteiger partial charge is 0.385 e. The minimum Gasteiger partial charge on any atom is -0.385 e. The Morgan fingerprint density at radius 3 is 1.86 bits per heavy atom. The molecule has 2 aliphatic rings. The van der Waals surface area contributed by atoms with Crippen LogP contribution in [0.2, 0.25) is 0 Å². The molecule has 0 saturated carbocycles. The molecule has 2 aliphatic heterocycles. The zero-order valence-corrected chi connectivity index (χ0v) is 25.7. The summed E-state index contributed by atoms with van der Waals surface area (Å²) >= 11 is 0. The first-order chi connectivity index (χ1) is 20.2. The number of benzene rings is 4. The molecule has 0 N–H and O–H groups in total. The summed E-state index contributed by atoms with van der Waals surface area (Å²) in [6.07, 6.45) is 3.63. The van der Waals surface area contributed by atoms with Crippen molar-refractivity contribution in [1.82, 2.24) is 9.97 Å². The summed E-state index contributed by atoms with van der Waals surface area (Å²) in [5.74, 6) is 0. The molecule has 0 amide bonds. The summed E-state index contributed by atoms with van der Waals surface area (Å²) < 4.78 is 0. The number of pyridine rings is 2. The molecule has 6 heteroatoms. The van der Waals surface area contributed by atoms with E-state index in [1.807, 2.05) is 66.9 Å². The maximum atomic E-state index is 4.55. The molecule has 6 aromatic rings. The van der Waals surface area contributed by atoms with Gasteiger partial charge in [-0.15, -0.1) is 65.1 Å². The molecule has 4 aromatic carbocycles. The van der Waals surface area contributed by atoms with E-state index >= 15 is 0 Å². The van der Waals surface area contributed by atoms with Crippen molar-refractivity contribution in [2.24, 2.45) is 0 Å². The molecule has 0 spiro atoms. The van der Waals surface area contributed by atoms with E-state index in [0.29, 0.717) is 0 Å². The Balaban J connectivity index is 0.000000205. The molecule has 0 unspecified atom stereocenters. The van der Waals surface area contributed by atoms with Crippen LogP contribution in [-0.2, 0) is 20.1 Å². The molecule has 8 rings (SSSR count). The first-order valence-corrected chi connectivity index (χ1v) is 13.7. The van der Waals surface area contributed by atoms with Crippen molar-refractivity contribution >= 4 is 45.9 Å². The van der Waals surface area contributed by atoms with Crippen molar-refractivity contribution < 1.29 is 20.1 Å². The van der Waals surface area contributed by atoms with E-state index in [2.05, 4.69) is 101 Å². The third-order valence-electron chi connectivity index (χ3n) is 7.90. The number of aromatic nitrogens is 2. The number of anilines is 4. The third-order valence-corrected chi connectivity index (χ3v) is 7.90. The van der Waals surface area contributed by atoms with Crippen molar-refractivity contribution in [2.45, 2.75) is 0 Å². The molecule has 0 atom stereocenters. The summed E-state index contributed by atoms with van der Waals surface area (Å²) in [6, 6.07) is 46.1.